The summed E-state index contributed by atoms with van der Waals surface area (Å²) >= 11 is 0. The smallest absolute Gasteiger partial charge is 0.355 e. The van der Waals surface area contributed by atoms with Crippen LogP contribution in [0.5, 0.6) is 11.5 Å². The summed E-state index contributed by atoms with van der Waals surface area (Å²) in [7, 11) is -4.02. The normalized spacial score (nSPS) is 12.5. The van der Waals surface area contributed by atoms with Crippen molar-refractivity contribution in [1.82, 2.24) is 9.29 Å². The number of ether oxygens (including phenoxy) is 3. The molecular weight excluding hydrogens is 470 g/mol. The van der Waals surface area contributed by atoms with Crippen LogP contribution in [0.2, 0.25) is 0 Å². The topological polar surface area (TPSA) is 122 Å². The molecule has 9 nitrogen and oxygen atoms in total. The second-order valence-electron chi connectivity index (χ2n) is 8.05. The number of rotatable bonds is 8. The Hall–Kier alpha value is -3.81. The van der Waals surface area contributed by atoms with Gasteiger partial charge < -0.3 is 19.2 Å². The molecule has 1 N–H and O–H groups in total. The van der Waals surface area contributed by atoms with Crippen molar-refractivity contribution in [3.63, 3.8) is 0 Å². The third kappa shape index (κ3) is 4.87. The SMILES string of the molecule is CCOC(=O)c1[nH]c(C)c(CN(Cc2ccc3c(c2)OCO3)S(=O)(=O)c2cccc(C#N)c2)c1C. The van der Waals surface area contributed by atoms with Crippen LogP contribution in [0.15, 0.2) is 47.4 Å². The molecule has 1 aliphatic heterocycles. The van der Waals surface area contributed by atoms with Crippen LogP contribution in [-0.4, -0.2) is 37.1 Å². The van der Waals surface area contributed by atoms with Gasteiger partial charge in [0.15, 0.2) is 11.5 Å². The van der Waals surface area contributed by atoms with Gasteiger partial charge in [-0.1, -0.05) is 12.1 Å². The molecule has 0 amide bonds. The number of H-pyrrole nitrogens is 1. The van der Waals surface area contributed by atoms with E-state index in [0.29, 0.717) is 39.6 Å². The lowest BCUT2D eigenvalue weighted by atomic mass is 10.1. The summed E-state index contributed by atoms with van der Waals surface area (Å²) in [6.45, 7) is 5.64. The van der Waals surface area contributed by atoms with Crippen LogP contribution in [0.3, 0.4) is 0 Å². The molecule has 2 aromatic carbocycles. The molecule has 0 radical (unpaired) electrons. The first kappa shape index (κ1) is 24.3. The minimum absolute atomic E-state index is 0.00112. The van der Waals surface area contributed by atoms with Gasteiger partial charge in [-0.2, -0.15) is 9.57 Å². The Bertz CT molecular complexity index is 1420. The van der Waals surface area contributed by atoms with E-state index in [9.17, 15) is 18.5 Å². The molecule has 1 aliphatic rings. The summed E-state index contributed by atoms with van der Waals surface area (Å²) in [5, 5.41) is 9.27. The van der Waals surface area contributed by atoms with E-state index in [2.05, 4.69) is 4.98 Å². The van der Waals surface area contributed by atoms with Gasteiger partial charge in [-0.25, -0.2) is 13.2 Å². The van der Waals surface area contributed by atoms with Gasteiger partial charge in [0.2, 0.25) is 16.8 Å². The zero-order chi connectivity index (χ0) is 25.2. The number of nitrogens with zero attached hydrogens (tertiary/aromatic N) is 2. The molecule has 0 atom stereocenters. The lowest BCUT2D eigenvalue weighted by Gasteiger charge is -2.23. The highest BCUT2D eigenvalue weighted by Crippen LogP contribution is 2.34. The van der Waals surface area contributed by atoms with E-state index < -0.39 is 16.0 Å². The van der Waals surface area contributed by atoms with Crippen molar-refractivity contribution >= 4 is 16.0 Å². The van der Waals surface area contributed by atoms with Crippen molar-refractivity contribution in [2.45, 2.75) is 38.8 Å². The number of nitrogens with one attached hydrogen (secondary N) is 1. The molecule has 4 rings (SSSR count). The van der Waals surface area contributed by atoms with Crippen LogP contribution in [0.25, 0.3) is 0 Å². The van der Waals surface area contributed by atoms with Crippen molar-refractivity contribution in [2.75, 3.05) is 13.4 Å². The largest absolute Gasteiger partial charge is 0.461 e. The fraction of sp³-hybridized carbons (Fsp3) is 0.280. The number of aryl methyl sites for hydroxylation is 1. The lowest BCUT2D eigenvalue weighted by molar-refractivity contribution is 0.0519. The second-order valence-corrected chi connectivity index (χ2v) is 9.99. The second kappa shape index (κ2) is 9.82. The van der Waals surface area contributed by atoms with Gasteiger partial charge in [0, 0.05) is 18.8 Å². The summed E-state index contributed by atoms with van der Waals surface area (Å²) < 4.78 is 44.8. The van der Waals surface area contributed by atoms with Gasteiger partial charge in [0.1, 0.15) is 5.69 Å². The molecule has 0 unspecified atom stereocenters. The molecule has 35 heavy (non-hydrogen) atoms. The monoisotopic (exact) mass is 495 g/mol. The molecule has 0 aliphatic carbocycles. The summed E-state index contributed by atoms with van der Waals surface area (Å²) in [5.41, 5.74) is 3.21. The molecular formula is C25H25N3O6S. The fourth-order valence-corrected chi connectivity index (χ4v) is 5.40. The quantitative estimate of drug-likeness (QED) is 0.472. The molecule has 0 bridgehead atoms. The van der Waals surface area contributed by atoms with Gasteiger partial charge in [-0.15, -0.1) is 0 Å². The van der Waals surface area contributed by atoms with Crippen molar-refractivity contribution in [1.29, 1.82) is 5.26 Å². The Kier molecular flexibility index (Phi) is 6.82. The first-order valence-corrected chi connectivity index (χ1v) is 12.4. The Balaban J connectivity index is 1.75. The molecule has 2 heterocycles. The van der Waals surface area contributed by atoms with E-state index in [-0.39, 0.29) is 36.9 Å². The average Bonchev–Trinajstić information content (AvgIpc) is 3.43. The van der Waals surface area contributed by atoms with Crippen LogP contribution in [0.1, 0.15) is 45.4 Å². The Labute approximate surface area is 203 Å². The molecule has 182 valence electrons. The molecule has 3 aromatic rings. The van der Waals surface area contributed by atoms with Gasteiger partial charge in [0.25, 0.3) is 0 Å². The minimum Gasteiger partial charge on any atom is -0.461 e. The van der Waals surface area contributed by atoms with E-state index in [1.165, 1.54) is 22.5 Å². The van der Waals surface area contributed by atoms with Crippen LogP contribution >= 0.6 is 0 Å². The molecule has 0 spiro atoms. The number of hydrogen-bond donors (Lipinski definition) is 1. The maximum Gasteiger partial charge on any atom is 0.355 e. The van der Waals surface area contributed by atoms with Crippen LogP contribution in [0, 0.1) is 25.2 Å². The Morgan fingerprint density at radius 2 is 1.91 bits per heavy atom. The maximum atomic E-state index is 13.8. The van der Waals surface area contributed by atoms with Crippen molar-refractivity contribution < 1.29 is 27.4 Å². The van der Waals surface area contributed by atoms with Crippen LogP contribution in [0.4, 0.5) is 0 Å². The molecule has 1 aromatic heterocycles. The number of nitriles is 1. The fourth-order valence-electron chi connectivity index (χ4n) is 3.95. The number of hydrogen-bond acceptors (Lipinski definition) is 7. The first-order chi connectivity index (χ1) is 16.7. The number of benzene rings is 2. The van der Waals surface area contributed by atoms with Crippen LogP contribution < -0.4 is 9.47 Å². The summed E-state index contributed by atoms with van der Waals surface area (Å²) in [6, 6.07) is 13.1. The number of aromatic nitrogens is 1. The zero-order valence-electron chi connectivity index (χ0n) is 19.6. The van der Waals surface area contributed by atoms with E-state index in [0.717, 1.165) is 0 Å². The highest BCUT2D eigenvalue weighted by molar-refractivity contribution is 7.89. The van der Waals surface area contributed by atoms with E-state index in [1.807, 2.05) is 6.07 Å². The Morgan fingerprint density at radius 3 is 2.66 bits per heavy atom. The average molecular weight is 496 g/mol. The number of esters is 1. The highest BCUT2D eigenvalue weighted by atomic mass is 32.2. The molecule has 10 heteroatoms. The third-order valence-corrected chi connectivity index (χ3v) is 7.59. The van der Waals surface area contributed by atoms with E-state index in [4.69, 9.17) is 14.2 Å². The van der Waals surface area contributed by atoms with E-state index >= 15 is 0 Å². The van der Waals surface area contributed by atoms with Gasteiger partial charge in [-0.3, -0.25) is 0 Å². The summed E-state index contributed by atoms with van der Waals surface area (Å²) in [4.78, 5) is 15.4. The summed E-state index contributed by atoms with van der Waals surface area (Å²) in [5.74, 6) is 0.650. The van der Waals surface area contributed by atoms with E-state index in [1.54, 1.807) is 45.0 Å². The number of carbonyl (C=O) groups excluding carboxylic acids is 1. The standard InChI is InChI=1S/C25H25N3O6S/c1-4-32-25(29)24-16(2)21(17(3)27-24)14-28(13-19-8-9-22-23(11-19)34-15-33-22)35(30,31)20-7-5-6-18(10-20)12-26/h5-11,27H,4,13-15H2,1-3H3. The third-order valence-electron chi connectivity index (χ3n) is 5.80. The number of sulfonamides is 1. The first-order valence-electron chi connectivity index (χ1n) is 11.0. The van der Waals surface area contributed by atoms with Gasteiger partial charge in [0.05, 0.1) is 23.1 Å². The predicted octanol–water partition coefficient (Wildman–Crippen LogP) is 3.80. The minimum atomic E-state index is -4.02. The molecule has 0 saturated carbocycles. The van der Waals surface area contributed by atoms with Crippen molar-refractivity contribution in [2.24, 2.45) is 0 Å². The lowest BCUT2D eigenvalue weighted by Crippen LogP contribution is -2.30. The number of carbonyl (C=O) groups is 1. The zero-order valence-corrected chi connectivity index (χ0v) is 20.4. The number of aromatic amines is 1. The molecule has 0 saturated heterocycles. The van der Waals surface area contributed by atoms with Crippen molar-refractivity contribution in [3.05, 3.63) is 76.1 Å². The van der Waals surface area contributed by atoms with Gasteiger partial charge in [-0.05, 0) is 67.8 Å². The molecule has 0 fully saturated rings. The van der Waals surface area contributed by atoms with Crippen molar-refractivity contribution in [3.8, 4) is 17.6 Å². The predicted molar refractivity (Wildman–Crippen MR) is 126 cm³/mol. The van der Waals surface area contributed by atoms with Gasteiger partial charge >= 0.3 is 5.97 Å². The highest BCUT2D eigenvalue weighted by Gasteiger charge is 2.29. The van der Waals surface area contributed by atoms with Crippen LogP contribution in [-0.2, 0) is 27.8 Å². The summed E-state index contributed by atoms with van der Waals surface area (Å²) in [6.07, 6.45) is 0. The Morgan fingerprint density at radius 1 is 1.14 bits per heavy atom. The number of fused-ring (bicyclic) bond motifs is 1. The maximum absolute atomic E-state index is 13.8.